The van der Waals surface area contributed by atoms with Crippen molar-refractivity contribution < 1.29 is 24.2 Å². The summed E-state index contributed by atoms with van der Waals surface area (Å²) in [6.45, 7) is 7.41. The minimum absolute atomic E-state index is 0.0987. The van der Waals surface area contributed by atoms with Gasteiger partial charge in [-0.1, -0.05) is 0 Å². The van der Waals surface area contributed by atoms with Gasteiger partial charge < -0.3 is 19.6 Å². The third kappa shape index (κ3) is 4.11. The number of rotatable bonds is 2. The van der Waals surface area contributed by atoms with Gasteiger partial charge in [-0.2, -0.15) is 0 Å². The lowest BCUT2D eigenvalue weighted by molar-refractivity contribution is -0.141. The molecule has 0 aromatic heterocycles. The molecule has 0 spiro atoms. The summed E-state index contributed by atoms with van der Waals surface area (Å²) in [5, 5.41) is 8.91. The van der Waals surface area contributed by atoms with E-state index in [4.69, 9.17) is 9.84 Å². The second kappa shape index (κ2) is 6.14. The first-order valence-electron chi connectivity index (χ1n) is 7.68. The fourth-order valence-electron chi connectivity index (χ4n) is 2.62. The summed E-state index contributed by atoms with van der Waals surface area (Å²) in [5.74, 6) is -1.91. The van der Waals surface area contributed by atoms with E-state index >= 15 is 0 Å². The van der Waals surface area contributed by atoms with Crippen LogP contribution in [0.4, 0.5) is 4.79 Å². The van der Waals surface area contributed by atoms with Gasteiger partial charge in [0.05, 0.1) is 11.8 Å². The molecule has 0 aromatic carbocycles. The minimum atomic E-state index is -0.899. The molecule has 7 heteroatoms. The van der Waals surface area contributed by atoms with Crippen LogP contribution in [0.5, 0.6) is 0 Å². The molecule has 1 aliphatic heterocycles. The van der Waals surface area contributed by atoms with Gasteiger partial charge in [-0.15, -0.1) is 0 Å². The van der Waals surface area contributed by atoms with Crippen molar-refractivity contribution >= 4 is 18.0 Å². The van der Waals surface area contributed by atoms with Crippen molar-refractivity contribution in [2.75, 3.05) is 26.2 Å². The van der Waals surface area contributed by atoms with Crippen LogP contribution in [0.3, 0.4) is 0 Å². The number of amides is 2. The number of ether oxygens (including phenoxy) is 1. The maximum atomic E-state index is 12.3. The van der Waals surface area contributed by atoms with Crippen LogP contribution < -0.4 is 0 Å². The van der Waals surface area contributed by atoms with Crippen molar-refractivity contribution in [3.05, 3.63) is 0 Å². The van der Waals surface area contributed by atoms with E-state index < -0.39 is 17.5 Å². The molecule has 1 N–H and O–H groups in total. The molecule has 124 valence electrons. The molecule has 2 amide bonds. The van der Waals surface area contributed by atoms with E-state index in [1.54, 1.807) is 9.80 Å². The quantitative estimate of drug-likeness (QED) is 0.827. The largest absolute Gasteiger partial charge is 0.481 e. The van der Waals surface area contributed by atoms with Gasteiger partial charge in [-0.25, -0.2) is 4.79 Å². The predicted octanol–water partition coefficient (Wildman–Crippen LogP) is 1.18. The van der Waals surface area contributed by atoms with Crippen LogP contribution in [-0.2, 0) is 14.3 Å². The van der Waals surface area contributed by atoms with Crippen molar-refractivity contribution in [1.82, 2.24) is 9.80 Å². The third-order valence-corrected chi connectivity index (χ3v) is 3.88. The van der Waals surface area contributed by atoms with E-state index in [2.05, 4.69) is 0 Å². The van der Waals surface area contributed by atoms with Crippen LogP contribution in [0.15, 0.2) is 0 Å². The number of carbonyl (C=O) groups is 3. The Morgan fingerprint density at radius 2 is 1.59 bits per heavy atom. The first-order chi connectivity index (χ1) is 10.2. The molecule has 1 heterocycles. The molecule has 1 aliphatic carbocycles. The van der Waals surface area contributed by atoms with Crippen LogP contribution in [-0.4, -0.2) is 64.7 Å². The number of carboxylic acids is 1. The summed E-state index contributed by atoms with van der Waals surface area (Å²) in [6, 6.07) is 0. The van der Waals surface area contributed by atoms with E-state index in [0.717, 1.165) is 0 Å². The number of aliphatic carboxylic acids is 1. The molecule has 0 radical (unpaired) electrons. The lowest BCUT2D eigenvalue weighted by Crippen LogP contribution is -2.40. The predicted molar refractivity (Wildman–Crippen MR) is 78.2 cm³/mol. The highest BCUT2D eigenvalue weighted by molar-refractivity contribution is 5.89. The zero-order chi connectivity index (χ0) is 16.5. The van der Waals surface area contributed by atoms with E-state index in [0.29, 0.717) is 39.0 Å². The molecule has 1 saturated heterocycles. The molecule has 0 aromatic rings. The summed E-state index contributed by atoms with van der Waals surface area (Å²) >= 11 is 0. The number of carboxylic acid groups (broad SMARTS) is 1. The zero-order valence-electron chi connectivity index (χ0n) is 13.4. The van der Waals surface area contributed by atoms with E-state index in [1.807, 2.05) is 20.8 Å². The molecule has 7 nitrogen and oxygen atoms in total. The number of carbonyl (C=O) groups excluding carboxylic acids is 2. The van der Waals surface area contributed by atoms with Crippen LogP contribution >= 0.6 is 0 Å². The Balaban J connectivity index is 1.86. The first-order valence-corrected chi connectivity index (χ1v) is 7.68. The van der Waals surface area contributed by atoms with Crippen LogP contribution in [0.2, 0.25) is 0 Å². The lowest BCUT2D eigenvalue weighted by atomic mass is 10.2. The lowest BCUT2D eigenvalue weighted by Gasteiger charge is -2.26. The van der Waals surface area contributed by atoms with E-state index in [9.17, 15) is 14.4 Å². The molecule has 2 fully saturated rings. The Kier molecular flexibility index (Phi) is 4.63. The van der Waals surface area contributed by atoms with Gasteiger partial charge in [0, 0.05) is 26.2 Å². The van der Waals surface area contributed by atoms with Crippen molar-refractivity contribution in [3.63, 3.8) is 0 Å². The summed E-state index contributed by atoms with van der Waals surface area (Å²) in [6.07, 6.45) is 0.743. The van der Waals surface area contributed by atoms with Crippen LogP contribution in [0, 0.1) is 11.8 Å². The molecule has 2 aliphatic rings. The van der Waals surface area contributed by atoms with Gasteiger partial charge in [-0.05, 0) is 33.6 Å². The maximum Gasteiger partial charge on any atom is 0.410 e. The fourth-order valence-corrected chi connectivity index (χ4v) is 2.62. The molecular weight excluding hydrogens is 288 g/mol. The van der Waals surface area contributed by atoms with Crippen molar-refractivity contribution in [2.24, 2.45) is 11.8 Å². The Morgan fingerprint density at radius 3 is 2.14 bits per heavy atom. The van der Waals surface area contributed by atoms with Gasteiger partial charge >= 0.3 is 12.1 Å². The molecule has 22 heavy (non-hydrogen) atoms. The molecule has 2 unspecified atom stereocenters. The normalized spacial score (nSPS) is 25.4. The van der Waals surface area contributed by atoms with Gasteiger partial charge in [-0.3, -0.25) is 9.59 Å². The smallest absolute Gasteiger partial charge is 0.410 e. The topological polar surface area (TPSA) is 87.2 Å². The third-order valence-electron chi connectivity index (χ3n) is 3.88. The summed E-state index contributed by atoms with van der Waals surface area (Å²) in [7, 11) is 0. The molecular formula is C15H24N2O5. The molecule has 0 bridgehead atoms. The Bertz CT molecular complexity index is 471. The second-order valence-corrected chi connectivity index (χ2v) is 6.93. The maximum absolute atomic E-state index is 12.3. The van der Waals surface area contributed by atoms with Gasteiger partial charge in [0.2, 0.25) is 5.91 Å². The SMILES string of the molecule is CC(C)(C)OC(=O)N1CCCN(C(=O)C2CC2C(=O)O)CC1. The van der Waals surface area contributed by atoms with Crippen LogP contribution in [0.25, 0.3) is 0 Å². The minimum Gasteiger partial charge on any atom is -0.481 e. The monoisotopic (exact) mass is 312 g/mol. The van der Waals surface area contributed by atoms with Crippen molar-refractivity contribution in [1.29, 1.82) is 0 Å². The van der Waals surface area contributed by atoms with Crippen LogP contribution in [0.1, 0.15) is 33.6 Å². The zero-order valence-corrected chi connectivity index (χ0v) is 13.4. The van der Waals surface area contributed by atoms with Crippen molar-refractivity contribution in [2.45, 2.75) is 39.2 Å². The molecule has 2 atom stereocenters. The fraction of sp³-hybridized carbons (Fsp3) is 0.800. The number of hydrogen-bond acceptors (Lipinski definition) is 4. The average Bonchev–Trinajstić information content (AvgIpc) is 3.19. The average molecular weight is 312 g/mol. The Hall–Kier alpha value is -1.79. The van der Waals surface area contributed by atoms with Gasteiger partial charge in [0.25, 0.3) is 0 Å². The number of nitrogens with zero attached hydrogens (tertiary/aromatic N) is 2. The highest BCUT2D eigenvalue weighted by Gasteiger charge is 2.49. The van der Waals surface area contributed by atoms with E-state index in [1.165, 1.54) is 0 Å². The van der Waals surface area contributed by atoms with Gasteiger partial charge in [0.15, 0.2) is 0 Å². The highest BCUT2D eigenvalue weighted by Crippen LogP contribution is 2.40. The summed E-state index contributed by atoms with van der Waals surface area (Å²) < 4.78 is 5.34. The number of hydrogen-bond donors (Lipinski definition) is 1. The van der Waals surface area contributed by atoms with E-state index in [-0.39, 0.29) is 17.9 Å². The first kappa shape index (κ1) is 16.6. The Morgan fingerprint density at radius 1 is 1.00 bits per heavy atom. The Labute approximate surface area is 130 Å². The summed E-state index contributed by atoms with van der Waals surface area (Å²) in [5.41, 5.74) is -0.540. The molecule has 2 rings (SSSR count). The highest BCUT2D eigenvalue weighted by atomic mass is 16.6. The second-order valence-electron chi connectivity index (χ2n) is 6.93. The molecule has 1 saturated carbocycles. The summed E-state index contributed by atoms with van der Waals surface area (Å²) in [4.78, 5) is 38.5. The van der Waals surface area contributed by atoms with Crippen molar-refractivity contribution in [3.8, 4) is 0 Å². The standard InChI is InChI=1S/C15H24N2O5/c1-15(2,3)22-14(21)17-6-4-5-16(7-8-17)12(18)10-9-11(10)13(19)20/h10-11H,4-9H2,1-3H3,(H,19,20). The van der Waals surface area contributed by atoms with Gasteiger partial charge in [0.1, 0.15) is 5.60 Å².